The van der Waals surface area contributed by atoms with Gasteiger partial charge in [0.05, 0.1) is 10.6 Å². The third-order valence-electron chi connectivity index (χ3n) is 3.32. The van der Waals surface area contributed by atoms with E-state index in [4.69, 9.17) is 26.2 Å². The Bertz CT molecular complexity index is 881. The fraction of sp³-hybridized carbons (Fsp3) is 0.133. The van der Waals surface area contributed by atoms with E-state index in [2.05, 4.69) is 0 Å². The first-order valence-electron chi connectivity index (χ1n) is 6.78. The van der Waals surface area contributed by atoms with Gasteiger partial charge < -0.3 is 14.6 Å². The van der Waals surface area contributed by atoms with Gasteiger partial charge in [0.15, 0.2) is 11.5 Å². The number of fused-ring (bicyclic) bond motifs is 1. The number of nitrogens with zero attached hydrogens (tertiary/aromatic N) is 1. The molecule has 2 aromatic rings. The van der Waals surface area contributed by atoms with Crippen molar-refractivity contribution in [3.05, 3.63) is 47.5 Å². The van der Waals surface area contributed by atoms with Crippen molar-refractivity contribution in [2.24, 2.45) is 0 Å². The maximum atomic E-state index is 12.8. The van der Waals surface area contributed by atoms with Crippen LogP contribution in [0.1, 0.15) is 0 Å². The lowest BCUT2D eigenvalue weighted by Crippen LogP contribution is -2.35. The van der Waals surface area contributed by atoms with Crippen molar-refractivity contribution in [1.29, 1.82) is 0 Å². The van der Waals surface area contributed by atoms with Crippen molar-refractivity contribution in [1.82, 2.24) is 0 Å². The zero-order valence-electron chi connectivity index (χ0n) is 12.2. The monoisotopic (exact) mass is 369 g/mol. The van der Waals surface area contributed by atoms with Crippen LogP contribution in [0.15, 0.2) is 47.4 Å². The molecule has 1 heterocycles. The minimum Gasteiger partial charge on any atom is -0.480 e. The third kappa shape index (κ3) is 3.10. The lowest BCUT2D eigenvalue weighted by atomic mass is 10.3. The summed E-state index contributed by atoms with van der Waals surface area (Å²) in [5, 5.41) is 9.49. The average Bonchev–Trinajstić information content (AvgIpc) is 3.00. The first-order chi connectivity index (χ1) is 11.4. The van der Waals surface area contributed by atoms with Crippen LogP contribution in [0, 0.1) is 0 Å². The van der Waals surface area contributed by atoms with Gasteiger partial charge >= 0.3 is 5.97 Å². The molecule has 0 atom stereocenters. The number of rotatable bonds is 5. The number of halogens is 1. The van der Waals surface area contributed by atoms with Gasteiger partial charge in [-0.3, -0.25) is 9.10 Å². The summed E-state index contributed by atoms with van der Waals surface area (Å²) in [5.41, 5.74) is 0.164. The largest absolute Gasteiger partial charge is 0.480 e. The molecule has 0 aliphatic carbocycles. The Morgan fingerprint density at radius 1 is 1.12 bits per heavy atom. The molecule has 2 aromatic carbocycles. The molecule has 0 amide bonds. The summed E-state index contributed by atoms with van der Waals surface area (Å²) in [5.74, 6) is -0.461. The number of carboxylic acids is 1. The maximum absolute atomic E-state index is 12.8. The van der Waals surface area contributed by atoms with Crippen LogP contribution in [0.3, 0.4) is 0 Å². The highest BCUT2D eigenvalue weighted by molar-refractivity contribution is 7.92. The smallest absolute Gasteiger partial charge is 0.324 e. The molecule has 3 rings (SSSR count). The number of hydrogen-bond acceptors (Lipinski definition) is 5. The number of sulfonamides is 1. The van der Waals surface area contributed by atoms with Crippen LogP contribution >= 0.6 is 11.6 Å². The van der Waals surface area contributed by atoms with E-state index in [-0.39, 0.29) is 17.4 Å². The van der Waals surface area contributed by atoms with Gasteiger partial charge in [0, 0.05) is 11.1 Å². The van der Waals surface area contributed by atoms with Crippen molar-refractivity contribution >= 4 is 33.3 Å². The summed E-state index contributed by atoms with van der Waals surface area (Å²) < 4.78 is 36.8. The van der Waals surface area contributed by atoms with E-state index in [9.17, 15) is 13.2 Å². The molecular weight excluding hydrogens is 358 g/mol. The Morgan fingerprint density at radius 2 is 1.79 bits per heavy atom. The van der Waals surface area contributed by atoms with Crippen molar-refractivity contribution < 1.29 is 27.8 Å². The van der Waals surface area contributed by atoms with E-state index in [0.717, 1.165) is 4.31 Å². The first-order valence-corrected chi connectivity index (χ1v) is 8.59. The number of carbonyl (C=O) groups is 1. The fourth-order valence-electron chi connectivity index (χ4n) is 2.21. The molecule has 1 aliphatic rings. The maximum Gasteiger partial charge on any atom is 0.324 e. The Hall–Kier alpha value is -2.45. The van der Waals surface area contributed by atoms with Crippen LogP contribution in [-0.2, 0) is 14.8 Å². The van der Waals surface area contributed by atoms with Crippen LogP contribution in [0.25, 0.3) is 0 Å². The lowest BCUT2D eigenvalue weighted by Gasteiger charge is -2.23. The molecule has 1 aliphatic heterocycles. The van der Waals surface area contributed by atoms with Gasteiger partial charge in [-0.2, -0.15) is 0 Å². The summed E-state index contributed by atoms with van der Waals surface area (Å²) in [7, 11) is -4.09. The van der Waals surface area contributed by atoms with Crippen LogP contribution in [0.5, 0.6) is 11.5 Å². The summed E-state index contributed by atoms with van der Waals surface area (Å²) in [6.45, 7) is -0.702. The van der Waals surface area contributed by atoms with Gasteiger partial charge in [0.25, 0.3) is 10.0 Å². The van der Waals surface area contributed by atoms with E-state index in [1.54, 1.807) is 0 Å². The van der Waals surface area contributed by atoms with Gasteiger partial charge in [-0.05, 0) is 36.4 Å². The van der Waals surface area contributed by atoms with Gasteiger partial charge in [-0.1, -0.05) is 11.6 Å². The summed E-state index contributed by atoms with van der Waals surface area (Å²) >= 11 is 5.77. The van der Waals surface area contributed by atoms with Crippen LogP contribution < -0.4 is 13.8 Å². The highest BCUT2D eigenvalue weighted by atomic mass is 35.5. The van der Waals surface area contributed by atoms with E-state index in [0.29, 0.717) is 16.5 Å². The third-order valence-corrected chi connectivity index (χ3v) is 5.36. The minimum atomic E-state index is -4.09. The quantitative estimate of drug-likeness (QED) is 0.869. The van der Waals surface area contributed by atoms with Crippen molar-refractivity contribution in [2.75, 3.05) is 17.6 Å². The lowest BCUT2D eigenvalue weighted by molar-refractivity contribution is -0.135. The number of ether oxygens (including phenoxy) is 2. The second kappa shape index (κ2) is 6.21. The second-order valence-corrected chi connectivity index (χ2v) is 7.20. The first kappa shape index (κ1) is 16.4. The summed E-state index contributed by atoms with van der Waals surface area (Å²) in [6, 6.07) is 9.91. The van der Waals surface area contributed by atoms with Crippen LogP contribution in [-0.4, -0.2) is 32.8 Å². The molecule has 0 unspecified atom stereocenters. The number of aliphatic carboxylic acids is 1. The summed E-state index contributed by atoms with van der Waals surface area (Å²) in [4.78, 5) is 11.1. The normalized spacial score (nSPS) is 12.9. The number of anilines is 1. The predicted molar refractivity (Wildman–Crippen MR) is 86.2 cm³/mol. The molecule has 126 valence electrons. The molecule has 0 spiro atoms. The van der Waals surface area contributed by atoms with E-state index in [1.165, 1.54) is 42.5 Å². The highest BCUT2D eigenvalue weighted by Crippen LogP contribution is 2.37. The Morgan fingerprint density at radius 3 is 2.46 bits per heavy atom. The van der Waals surface area contributed by atoms with E-state index >= 15 is 0 Å². The average molecular weight is 370 g/mol. The fourth-order valence-corrected chi connectivity index (χ4v) is 3.74. The Labute approximate surface area is 143 Å². The molecule has 0 fully saturated rings. The van der Waals surface area contributed by atoms with Crippen LogP contribution in [0.4, 0.5) is 5.69 Å². The van der Waals surface area contributed by atoms with Crippen molar-refractivity contribution in [3.63, 3.8) is 0 Å². The Balaban J connectivity index is 2.06. The van der Waals surface area contributed by atoms with E-state index in [1.807, 2.05) is 0 Å². The number of carboxylic acid groups (broad SMARTS) is 1. The zero-order valence-corrected chi connectivity index (χ0v) is 13.7. The molecule has 0 saturated heterocycles. The van der Waals surface area contributed by atoms with Gasteiger partial charge in [0.1, 0.15) is 6.54 Å². The highest BCUT2D eigenvalue weighted by Gasteiger charge is 2.28. The van der Waals surface area contributed by atoms with E-state index < -0.39 is 22.5 Å². The van der Waals surface area contributed by atoms with Crippen molar-refractivity contribution in [2.45, 2.75) is 4.90 Å². The predicted octanol–water partition coefficient (Wildman–Crippen LogP) is 2.35. The molecule has 24 heavy (non-hydrogen) atoms. The molecule has 0 aromatic heterocycles. The SMILES string of the molecule is O=C(O)CN(c1ccc2c(c1)OCO2)S(=O)(=O)c1ccc(Cl)cc1. The molecule has 7 nitrogen and oxygen atoms in total. The standard InChI is InChI=1S/C15H12ClNO6S/c16-10-1-4-12(5-2-10)24(20,21)17(8-15(18)19)11-3-6-13-14(7-11)23-9-22-13/h1-7H,8-9H2,(H,18,19). The molecule has 0 bridgehead atoms. The number of benzene rings is 2. The number of hydrogen-bond donors (Lipinski definition) is 1. The second-order valence-electron chi connectivity index (χ2n) is 4.90. The molecular formula is C15H12ClNO6S. The summed E-state index contributed by atoms with van der Waals surface area (Å²) in [6.07, 6.45) is 0. The topological polar surface area (TPSA) is 93.1 Å². The minimum absolute atomic E-state index is 0.0294. The molecule has 0 radical (unpaired) electrons. The molecule has 1 N–H and O–H groups in total. The molecule has 9 heteroatoms. The van der Waals surface area contributed by atoms with Crippen molar-refractivity contribution in [3.8, 4) is 11.5 Å². The Kier molecular flexibility index (Phi) is 4.25. The van der Waals surface area contributed by atoms with Gasteiger partial charge in [-0.15, -0.1) is 0 Å². The van der Waals surface area contributed by atoms with Crippen LogP contribution in [0.2, 0.25) is 5.02 Å². The van der Waals surface area contributed by atoms with Gasteiger partial charge in [-0.25, -0.2) is 8.42 Å². The van der Waals surface area contributed by atoms with Gasteiger partial charge in [0.2, 0.25) is 6.79 Å². The molecule has 0 saturated carbocycles. The zero-order chi connectivity index (χ0) is 17.3.